The highest BCUT2D eigenvalue weighted by molar-refractivity contribution is 6.31. The first-order chi connectivity index (χ1) is 12.1. The van der Waals surface area contributed by atoms with Gasteiger partial charge >= 0.3 is 0 Å². The zero-order chi connectivity index (χ0) is 18.1. The van der Waals surface area contributed by atoms with E-state index in [2.05, 4.69) is 0 Å². The van der Waals surface area contributed by atoms with E-state index in [1.54, 1.807) is 4.90 Å². The van der Waals surface area contributed by atoms with Crippen molar-refractivity contribution in [1.82, 2.24) is 4.90 Å². The van der Waals surface area contributed by atoms with Gasteiger partial charge in [-0.15, -0.1) is 0 Å². The average Bonchev–Trinajstić information content (AvgIpc) is 2.61. The van der Waals surface area contributed by atoms with E-state index in [0.29, 0.717) is 31.0 Å². The lowest BCUT2D eigenvalue weighted by atomic mass is 10.1. The maximum Gasteiger partial charge on any atom is 0.222 e. The number of amides is 2. The molecule has 2 aromatic rings. The molecule has 2 amide bonds. The van der Waals surface area contributed by atoms with Gasteiger partial charge in [0.15, 0.2) is 0 Å². The summed E-state index contributed by atoms with van der Waals surface area (Å²) < 4.78 is 0. The van der Waals surface area contributed by atoms with Crippen LogP contribution in [0.25, 0.3) is 0 Å². The van der Waals surface area contributed by atoms with Crippen LogP contribution < -0.4 is 5.73 Å². The van der Waals surface area contributed by atoms with E-state index < -0.39 is 5.91 Å². The topological polar surface area (TPSA) is 63.4 Å². The second-order valence-corrected chi connectivity index (χ2v) is 6.33. The summed E-state index contributed by atoms with van der Waals surface area (Å²) in [5, 5.41) is 0.670. The van der Waals surface area contributed by atoms with Crippen molar-refractivity contribution in [2.45, 2.75) is 25.7 Å². The Kier molecular flexibility index (Phi) is 7.48. The molecule has 2 N–H and O–H groups in total. The monoisotopic (exact) mass is 358 g/mol. The van der Waals surface area contributed by atoms with E-state index >= 15 is 0 Å². The largest absolute Gasteiger partial charge is 0.370 e. The molecule has 0 unspecified atom stereocenters. The Balaban J connectivity index is 1.94. The molecule has 0 atom stereocenters. The van der Waals surface area contributed by atoms with Crippen LogP contribution in [0.3, 0.4) is 0 Å². The van der Waals surface area contributed by atoms with Crippen LogP contribution in [0.1, 0.15) is 24.0 Å². The third-order valence-corrected chi connectivity index (χ3v) is 4.43. The fourth-order valence-electron chi connectivity index (χ4n) is 2.62. The quantitative estimate of drug-likeness (QED) is 0.748. The van der Waals surface area contributed by atoms with Gasteiger partial charge in [-0.2, -0.15) is 0 Å². The van der Waals surface area contributed by atoms with Gasteiger partial charge in [-0.05, 0) is 30.0 Å². The Morgan fingerprint density at radius 2 is 1.56 bits per heavy atom. The van der Waals surface area contributed by atoms with Gasteiger partial charge in [0.2, 0.25) is 11.8 Å². The summed E-state index contributed by atoms with van der Waals surface area (Å²) >= 11 is 6.15. The van der Waals surface area contributed by atoms with Crippen LogP contribution in [0.2, 0.25) is 5.02 Å². The third-order valence-electron chi connectivity index (χ3n) is 4.06. The molecule has 0 aliphatic heterocycles. The minimum Gasteiger partial charge on any atom is -0.370 e. The Bertz CT molecular complexity index is 704. The van der Waals surface area contributed by atoms with Crippen LogP contribution in [-0.4, -0.2) is 29.8 Å². The van der Waals surface area contributed by atoms with Crippen molar-refractivity contribution in [2.75, 3.05) is 13.1 Å². The summed E-state index contributed by atoms with van der Waals surface area (Å²) in [4.78, 5) is 25.4. The van der Waals surface area contributed by atoms with Crippen molar-refractivity contribution in [3.8, 4) is 0 Å². The molecule has 0 aliphatic carbocycles. The molecular weight excluding hydrogens is 336 g/mol. The SMILES string of the molecule is NC(=O)CCN(CCc1ccccc1)C(=O)CCc1ccccc1Cl. The molecular formula is C20H23ClN2O2. The molecule has 2 aromatic carbocycles. The van der Waals surface area contributed by atoms with E-state index in [4.69, 9.17) is 17.3 Å². The fourth-order valence-corrected chi connectivity index (χ4v) is 2.85. The van der Waals surface area contributed by atoms with Crippen molar-refractivity contribution in [2.24, 2.45) is 5.73 Å². The van der Waals surface area contributed by atoms with Crippen molar-refractivity contribution in [1.29, 1.82) is 0 Å². The van der Waals surface area contributed by atoms with Crippen molar-refractivity contribution < 1.29 is 9.59 Å². The number of rotatable bonds is 9. The number of hydrogen-bond donors (Lipinski definition) is 1. The number of hydrogen-bond acceptors (Lipinski definition) is 2. The molecule has 0 saturated carbocycles. The maximum absolute atomic E-state index is 12.6. The van der Waals surface area contributed by atoms with E-state index in [9.17, 15) is 9.59 Å². The Morgan fingerprint density at radius 1 is 0.880 bits per heavy atom. The molecule has 0 aromatic heterocycles. The summed E-state index contributed by atoms with van der Waals surface area (Å²) in [7, 11) is 0. The van der Waals surface area contributed by atoms with Gasteiger partial charge < -0.3 is 10.6 Å². The molecule has 0 fully saturated rings. The minimum atomic E-state index is -0.399. The van der Waals surface area contributed by atoms with Gasteiger partial charge in [0.1, 0.15) is 0 Å². The van der Waals surface area contributed by atoms with E-state index in [0.717, 1.165) is 17.5 Å². The maximum atomic E-state index is 12.6. The normalized spacial score (nSPS) is 10.4. The molecule has 0 aliphatic rings. The third kappa shape index (κ3) is 6.59. The van der Waals surface area contributed by atoms with Crippen LogP contribution in [0.15, 0.2) is 54.6 Å². The lowest BCUT2D eigenvalue weighted by Crippen LogP contribution is -2.35. The van der Waals surface area contributed by atoms with Crippen molar-refractivity contribution >= 4 is 23.4 Å². The molecule has 0 bridgehead atoms. The Hall–Kier alpha value is -2.33. The number of aryl methyl sites for hydroxylation is 1. The zero-order valence-corrected chi connectivity index (χ0v) is 14.9. The van der Waals surface area contributed by atoms with Crippen LogP contribution >= 0.6 is 11.6 Å². The number of nitrogens with zero attached hydrogens (tertiary/aromatic N) is 1. The number of primary amides is 1. The average molecular weight is 359 g/mol. The van der Waals surface area contributed by atoms with Gasteiger partial charge in [-0.1, -0.05) is 60.1 Å². The van der Waals surface area contributed by atoms with Crippen molar-refractivity contribution in [3.63, 3.8) is 0 Å². The molecule has 2 rings (SSSR count). The van der Waals surface area contributed by atoms with E-state index in [-0.39, 0.29) is 12.3 Å². The molecule has 132 valence electrons. The highest BCUT2D eigenvalue weighted by Gasteiger charge is 2.15. The van der Waals surface area contributed by atoms with Gasteiger partial charge in [-0.3, -0.25) is 9.59 Å². The lowest BCUT2D eigenvalue weighted by Gasteiger charge is -2.22. The predicted molar refractivity (Wildman–Crippen MR) is 100 cm³/mol. The first kappa shape index (κ1) is 19.0. The highest BCUT2D eigenvalue weighted by atomic mass is 35.5. The summed E-state index contributed by atoms with van der Waals surface area (Å²) in [5.41, 5.74) is 7.35. The Labute approximate surface area is 153 Å². The van der Waals surface area contributed by atoms with Crippen LogP contribution in [0.5, 0.6) is 0 Å². The number of halogens is 1. The number of carbonyl (C=O) groups is 2. The summed E-state index contributed by atoms with van der Waals surface area (Å²) in [6.07, 6.45) is 1.86. The summed E-state index contributed by atoms with van der Waals surface area (Å²) in [5.74, 6) is -0.388. The molecule has 0 saturated heterocycles. The molecule has 0 radical (unpaired) electrons. The first-order valence-electron chi connectivity index (χ1n) is 8.39. The molecule has 25 heavy (non-hydrogen) atoms. The lowest BCUT2D eigenvalue weighted by molar-refractivity contribution is -0.131. The molecule has 0 heterocycles. The van der Waals surface area contributed by atoms with Crippen LogP contribution in [0, 0.1) is 0 Å². The van der Waals surface area contributed by atoms with Crippen LogP contribution in [-0.2, 0) is 22.4 Å². The smallest absolute Gasteiger partial charge is 0.222 e. The second-order valence-electron chi connectivity index (χ2n) is 5.92. The first-order valence-corrected chi connectivity index (χ1v) is 8.77. The number of nitrogens with two attached hydrogens (primary N) is 1. The zero-order valence-electron chi connectivity index (χ0n) is 14.2. The summed E-state index contributed by atoms with van der Waals surface area (Å²) in [6, 6.07) is 17.5. The number of benzene rings is 2. The van der Waals surface area contributed by atoms with E-state index in [1.807, 2.05) is 54.6 Å². The van der Waals surface area contributed by atoms with Gasteiger partial charge in [0, 0.05) is 31.0 Å². The highest BCUT2D eigenvalue weighted by Crippen LogP contribution is 2.17. The predicted octanol–water partition coefficient (Wildman–Crippen LogP) is 3.22. The molecule has 4 nitrogen and oxygen atoms in total. The summed E-state index contributed by atoms with van der Waals surface area (Å²) in [6.45, 7) is 0.919. The standard InChI is InChI=1S/C20H23ClN2O2/c21-18-9-5-4-8-17(18)10-11-20(25)23(15-13-19(22)24)14-12-16-6-2-1-3-7-16/h1-9H,10-15H2,(H2,22,24). The Morgan fingerprint density at radius 3 is 2.24 bits per heavy atom. The second kappa shape index (κ2) is 9.84. The van der Waals surface area contributed by atoms with Gasteiger partial charge in [-0.25, -0.2) is 0 Å². The fraction of sp³-hybridized carbons (Fsp3) is 0.300. The van der Waals surface area contributed by atoms with Crippen LogP contribution in [0.4, 0.5) is 0 Å². The minimum absolute atomic E-state index is 0.0112. The van der Waals surface area contributed by atoms with Gasteiger partial charge in [0.25, 0.3) is 0 Å². The molecule has 5 heteroatoms. The van der Waals surface area contributed by atoms with Gasteiger partial charge in [0.05, 0.1) is 0 Å². The van der Waals surface area contributed by atoms with Crippen molar-refractivity contribution in [3.05, 3.63) is 70.7 Å². The number of carbonyl (C=O) groups excluding carboxylic acids is 2. The molecule has 0 spiro atoms. The van der Waals surface area contributed by atoms with E-state index in [1.165, 1.54) is 0 Å².